The number of aromatic nitrogens is 2. The summed E-state index contributed by atoms with van der Waals surface area (Å²) in [5.74, 6) is 0.0873. The summed E-state index contributed by atoms with van der Waals surface area (Å²) in [6.07, 6.45) is 1.66. The van der Waals surface area contributed by atoms with E-state index in [1.807, 2.05) is 27.7 Å². The Morgan fingerprint density at radius 2 is 2.20 bits per heavy atom. The van der Waals surface area contributed by atoms with Crippen molar-refractivity contribution in [1.29, 1.82) is 0 Å². The quantitative estimate of drug-likeness (QED) is 0.764. The van der Waals surface area contributed by atoms with E-state index in [0.717, 1.165) is 6.54 Å². The van der Waals surface area contributed by atoms with Crippen LogP contribution in [0.1, 0.15) is 38.2 Å². The fourth-order valence-corrected chi connectivity index (χ4v) is 1.26. The van der Waals surface area contributed by atoms with Crippen LogP contribution in [-0.2, 0) is 6.54 Å². The van der Waals surface area contributed by atoms with E-state index in [1.54, 1.807) is 16.9 Å². The fraction of sp³-hybridized carbons (Fsp3) is 0.636. The Bertz CT molecular complexity index is 336. The summed E-state index contributed by atoms with van der Waals surface area (Å²) in [6.45, 7) is 9.17. The minimum Gasteiger partial charge on any atom is -0.305 e. The first-order chi connectivity index (χ1) is 6.94. The molecule has 0 aromatic carbocycles. The van der Waals surface area contributed by atoms with Gasteiger partial charge in [0, 0.05) is 18.3 Å². The summed E-state index contributed by atoms with van der Waals surface area (Å²) in [5, 5.41) is 7.24. The second-order valence-corrected chi connectivity index (χ2v) is 4.56. The number of hydrogen-bond acceptors (Lipinski definition) is 3. The Kier molecular flexibility index (Phi) is 3.63. The number of ketones is 1. The molecule has 4 heteroatoms. The molecule has 0 radical (unpaired) electrons. The molecule has 0 bridgehead atoms. The number of carbonyl (C=O) groups is 1. The van der Waals surface area contributed by atoms with Crippen molar-refractivity contribution in [2.75, 3.05) is 6.54 Å². The van der Waals surface area contributed by atoms with Crippen molar-refractivity contribution in [3.63, 3.8) is 0 Å². The zero-order chi connectivity index (χ0) is 11.5. The first-order valence-electron chi connectivity index (χ1n) is 5.24. The van der Waals surface area contributed by atoms with Gasteiger partial charge < -0.3 is 5.32 Å². The van der Waals surface area contributed by atoms with E-state index in [9.17, 15) is 4.79 Å². The zero-order valence-corrected chi connectivity index (χ0v) is 9.87. The maximum atomic E-state index is 11.8. The summed E-state index contributed by atoms with van der Waals surface area (Å²) < 4.78 is 1.71. The van der Waals surface area contributed by atoms with Gasteiger partial charge in [0.2, 0.25) is 0 Å². The Morgan fingerprint density at radius 1 is 1.53 bits per heavy atom. The molecule has 0 fully saturated rings. The molecule has 0 spiro atoms. The van der Waals surface area contributed by atoms with Crippen LogP contribution in [0.25, 0.3) is 0 Å². The van der Waals surface area contributed by atoms with Crippen molar-refractivity contribution < 1.29 is 4.79 Å². The fourth-order valence-electron chi connectivity index (χ4n) is 1.26. The van der Waals surface area contributed by atoms with Gasteiger partial charge >= 0.3 is 0 Å². The maximum absolute atomic E-state index is 11.8. The zero-order valence-electron chi connectivity index (χ0n) is 9.87. The molecular weight excluding hydrogens is 190 g/mol. The maximum Gasteiger partial charge on any atom is 0.194 e. The van der Waals surface area contributed by atoms with Crippen LogP contribution >= 0.6 is 0 Å². The molecule has 0 saturated heterocycles. The number of nitrogens with zero attached hydrogens (tertiary/aromatic N) is 2. The molecule has 1 heterocycles. The van der Waals surface area contributed by atoms with E-state index in [4.69, 9.17) is 0 Å². The van der Waals surface area contributed by atoms with Crippen molar-refractivity contribution >= 4 is 5.78 Å². The smallest absolute Gasteiger partial charge is 0.194 e. The largest absolute Gasteiger partial charge is 0.305 e. The summed E-state index contributed by atoms with van der Waals surface area (Å²) >= 11 is 0. The highest BCUT2D eigenvalue weighted by atomic mass is 16.1. The van der Waals surface area contributed by atoms with Gasteiger partial charge in [-0.1, -0.05) is 0 Å². The highest BCUT2D eigenvalue weighted by Gasteiger charge is 2.15. The topological polar surface area (TPSA) is 46.9 Å². The molecule has 1 aromatic heterocycles. The van der Waals surface area contributed by atoms with E-state index in [2.05, 4.69) is 10.4 Å². The van der Waals surface area contributed by atoms with Crippen LogP contribution in [-0.4, -0.2) is 27.6 Å². The number of aryl methyl sites for hydroxylation is 1. The molecule has 15 heavy (non-hydrogen) atoms. The number of rotatable bonds is 4. The van der Waals surface area contributed by atoms with Crippen LogP contribution in [0.2, 0.25) is 0 Å². The van der Waals surface area contributed by atoms with Gasteiger partial charge in [-0.2, -0.15) is 5.10 Å². The van der Waals surface area contributed by atoms with E-state index in [1.165, 1.54) is 0 Å². The normalized spacial score (nSPS) is 11.7. The van der Waals surface area contributed by atoms with E-state index in [0.29, 0.717) is 12.2 Å². The minimum atomic E-state index is -0.0350. The number of nitrogens with one attached hydrogen (secondary N) is 1. The second-order valence-electron chi connectivity index (χ2n) is 4.56. The summed E-state index contributed by atoms with van der Waals surface area (Å²) in [4.78, 5) is 11.8. The minimum absolute atomic E-state index is 0.0350. The van der Waals surface area contributed by atoms with E-state index < -0.39 is 0 Å². The molecule has 0 unspecified atom stereocenters. The third kappa shape index (κ3) is 3.47. The Morgan fingerprint density at radius 3 is 2.73 bits per heavy atom. The molecule has 0 amide bonds. The monoisotopic (exact) mass is 209 g/mol. The van der Waals surface area contributed by atoms with Crippen molar-refractivity contribution in [2.45, 2.75) is 39.8 Å². The lowest BCUT2D eigenvalue weighted by Crippen LogP contribution is -2.39. The predicted molar refractivity (Wildman–Crippen MR) is 60.0 cm³/mol. The van der Waals surface area contributed by atoms with Gasteiger partial charge in [0.25, 0.3) is 0 Å². The SMILES string of the molecule is CCn1nccc1C(=O)CNC(C)(C)C. The molecule has 1 N–H and O–H groups in total. The molecule has 84 valence electrons. The van der Waals surface area contributed by atoms with Crippen LogP contribution in [0, 0.1) is 0 Å². The van der Waals surface area contributed by atoms with E-state index >= 15 is 0 Å². The van der Waals surface area contributed by atoms with Crippen LogP contribution in [0.3, 0.4) is 0 Å². The molecule has 0 aliphatic carbocycles. The molecule has 0 saturated carbocycles. The molecule has 1 aromatic rings. The average molecular weight is 209 g/mol. The third-order valence-corrected chi connectivity index (χ3v) is 2.08. The van der Waals surface area contributed by atoms with Crippen molar-refractivity contribution in [3.8, 4) is 0 Å². The standard InChI is InChI=1S/C11H19N3O/c1-5-14-9(6-7-13-14)10(15)8-12-11(2,3)4/h6-7,12H,5,8H2,1-4H3. The van der Waals surface area contributed by atoms with Gasteiger partial charge in [-0.15, -0.1) is 0 Å². The molecule has 0 aliphatic rings. The lowest BCUT2D eigenvalue weighted by molar-refractivity contribution is 0.0972. The molecular formula is C11H19N3O. The van der Waals surface area contributed by atoms with Crippen LogP contribution < -0.4 is 5.32 Å². The molecule has 0 atom stereocenters. The third-order valence-electron chi connectivity index (χ3n) is 2.08. The van der Waals surface area contributed by atoms with Crippen molar-refractivity contribution in [3.05, 3.63) is 18.0 Å². The first-order valence-corrected chi connectivity index (χ1v) is 5.24. The van der Waals surface area contributed by atoms with Crippen LogP contribution in [0.15, 0.2) is 12.3 Å². The molecule has 1 rings (SSSR count). The lowest BCUT2D eigenvalue weighted by atomic mass is 10.1. The van der Waals surface area contributed by atoms with Gasteiger partial charge in [-0.25, -0.2) is 0 Å². The summed E-state index contributed by atoms with van der Waals surface area (Å²) in [7, 11) is 0. The van der Waals surface area contributed by atoms with Crippen LogP contribution in [0.5, 0.6) is 0 Å². The Balaban J connectivity index is 2.62. The van der Waals surface area contributed by atoms with Gasteiger partial charge in [0.05, 0.1) is 6.54 Å². The summed E-state index contributed by atoms with van der Waals surface area (Å²) in [5.41, 5.74) is 0.640. The molecule has 4 nitrogen and oxygen atoms in total. The lowest BCUT2D eigenvalue weighted by Gasteiger charge is -2.19. The van der Waals surface area contributed by atoms with Gasteiger partial charge in [-0.3, -0.25) is 9.48 Å². The van der Waals surface area contributed by atoms with Crippen molar-refractivity contribution in [1.82, 2.24) is 15.1 Å². The van der Waals surface area contributed by atoms with Crippen molar-refractivity contribution in [2.24, 2.45) is 0 Å². The highest BCUT2D eigenvalue weighted by Crippen LogP contribution is 2.02. The van der Waals surface area contributed by atoms with Gasteiger partial charge in [-0.05, 0) is 33.8 Å². The Labute approximate surface area is 90.7 Å². The Hall–Kier alpha value is -1.16. The first kappa shape index (κ1) is 11.9. The number of carbonyl (C=O) groups excluding carboxylic acids is 1. The average Bonchev–Trinajstić information content (AvgIpc) is 2.60. The highest BCUT2D eigenvalue weighted by molar-refractivity contribution is 5.96. The van der Waals surface area contributed by atoms with E-state index in [-0.39, 0.29) is 11.3 Å². The van der Waals surface area contributed by atoms with Gasteiger partial charge in [0.1, 0.15) is 5.69 Å². The number of Topliss-reactive ketones (excluding diaryl/α,β-unsaturated/α-hetero) is 1. The van der Waals surface area contributed by atoms with Crippen LogP contribution in [0.4, 0.5) is 0 Å². The molecule has 0 aliphatic heterocycles. The predicted octanol–water partition coefficient (Wildman–Crippen LogP) is 1.47. The number of hydrogen-bond donors (Lipinski definition) is 1. The summed E-state index contributed by atoms with van der Waals surface area (Å²) in [6, 6.07) is 1.76. The van der Waals surface area contributed by atoms with Gasteiger partial charge in [0.15, 0.2) is 5.78 Å². The second kappa shape index (κ2) is 4.57.